The highest BCUT2D eigenvalue weighted by Crippen LogP contribution is 2.31. The van der Waals surface area contributed by atoms with Crippen LogP contribution >= 0.6 is 0 Å². The van der Waals surface area contributed by atoms with Gasteiger partial charge in [-0.3, -0.25) is 0 Å². The lowest BCUT2D eigenvalue weighted by Gasteiger charge is -2.34. The molecule has 0 amide bonds. The minimum Gasteiger partial charge on any atom is -0.389 e. The van der Waals surface area contributed by atoms with Crippen molar-refractivity contribution in [3.8, 4) is 0 Å². The minimum atomic E-state index is -1.91. The van der Waals surface area contributed by atoms with Crippen LogP contribution in [-0.2, 0) is 14.3 Å². The molecule has 7 heteroatoms. The van der Waals surface area contributed by atoms with Crippen LogP contribution in [0.2, 0.25) is 0 Å². The van der Waals surface area contributed by atoms with Gasteiger partial charge in [-0.1, -0.05) is 439 Å². The molecular formula is C78H154O7. The van der Waals surface area contributed by atoms with Crippen molar-refractivity contribution >= 4 is 11.9 Å². The van der Waals surface area contributed by atoms with E-state index in [1.165, 1.54) is 308 Å². The van der Waals surface area contributed by atoms with E-state index in [1.54, 1.807) is 0 Å². The van der Waals surface area contributed by atoms with Crippen LogP contribution in [0.4, 0.5) is 0 Å². The number of hydrogen-bond donors (Lipinski definition) is 4. The van der Waals surface area contributed by atoms with Crippen LogP contribution in [0, 0.1) is 0 Å². The number of ether oxygens (including phenoxy) is 1. The molecule has 7 nitrogen and oxygen atoms in total. The third-order valence-electron chi connectivity index (χ3n) is 19.5. The lowest BCUT2D eigenvalue weighted by Crippen LogP contribution is -2.52. The summed E-state index contributed by atoms with van der Waals surface area (Å²) in [5.41, 5.74) is -3.46. The molecule has 0 saturated heterocycles. The molecule has 0 aromatic carbocycles. The van der Waals surface area contributed by atoms with Crippen LogP contribution in [0.15, 0.2) is 0 Å². The molecule has 4 N–H and O–H groups in total. The Balaban J connectivity index is 5.37. The van der Waals surface area contributed by atoms with Crippen molar-refractivity contribution in [3.05, 3.63) is 0 Å². The third kappa shape index (κ3) is 55.5. The Labute approximate surface area is 531 Å². The summed E-state index contributed by atoms with van der Waals surface area (Å²) in [4.78, 5) is 27.5. The average molecular weight is 1200 g/mol. The maximum absolute atomic E-state index is 13.8. The first-order valence-corrected chi connectivity index (χ1v) is 39.2. The fourth-order valence-corrected chi connectivity index (χ4v) is 13.4. The highest BCUT2D eigenvalue weighted by Gasteiger charge is 2.45. The van der Waals surface area contributed by atoms with Crippen molar-refractivity contribution < 1.29 is 34.8 Å². The molecule has 0 aliphatic rings. The number of aliphatic hydroxyl groups is 4. The van der Waals surface area contributed by atoms with E-state index < -0.39 is 35.3 Å². The molecule has 0 radical (unpaired) electrons. The summed E-state index contributed by atoms with van der Waals surface area (Å²) >= 11 is 0. The van der Waals surface area contributed by atoms with Gasteiger partial charge in [0.2, 0.25) is 0 Å². The van der Waals surface area contributed by atoms with Gasteiger partial charge in [-0.2, -0.15) is 0 Å². The number of aliphatic hydroxyl groups excluding tert-OH is 2. The molecule has 508 valence electrons. The van der Waals surface area contributed by atoms with Gasteiger partial charge in [-0.05, 0) is 25.7 Å². The highest BCUT2D eigenvalue weighted by molar-refractivity contribution is 5.91. The van der Waals surface area contributed by atoms with E-state index in [2.05, 4.69) is 27.7 Å². The van der Waals surface area contributed by atoms with E-state index in [4.69, 9.17) is 4.74 Å². The summed E-state index contributed by atoms with van der Waals surface area (Å²) in [6, 6.07) is 0. The zero-order valence-electron chi connectivity index (χ0n) is 58.3. The van der Waals surface area contributed by atoms with Crippen molar-refractivity contribution in [2.75, 3.05) is 0 Å². The number of unbranched alkanes of at least 4 members (excludes halogenated alkanes) is 60. The van der Waals surface area contributed by atoms with Gasteiger partial charge in [0.25, 0.3) is 0 Å². The Morgan fingerprint density at radius 1 is 0.224 bits per heavy atom. The van der Waals surface area contributed by atoms with Crippen molar-refractivity contribution in [2.45, 2.75) is 488 Å². The van der Waals surface area contributed by atoms with Crippen molar-refractivity contribution in [3.63, 3.8) is 0 Å². The van der Waals surface area contributed by atoms with Crippen molar-refractivity contribution in [2.24, 2.45) is 0 Å². The van der Waals surface area contributed by atoms with E-state index in [9.17, 15) is 30.0 Å². The topological polar surface area (TPSA) is 124 Å². The summed E-state index contributed by atoms with van der Waals surface area (Å²) in [5.74, 6) is -2.43. The molecule has 0 fully saturated rings. The molecule has 0 spiro atoms. The van der Waals surface area contributed by atoms with E-state index >= 15 is 0 Å². The van der Waals surface area contributed by atoms with Gasteiger partial charge in [-0.25, -0.2) is 9.59 Å². The molecule has 85 heavy (non-hydrogen) atoms. The molecule has 0 bridgehead atoms. The number of rotatable bonds is 72. The van der Waals surface area contributed by atoms with Gasteiger partial charge in [-0.15, -0.1) is 0 Å². The second kappa shape index (κ2) is 65.9. The van der Waals surface area contributed by atoms with Gasteiger partial charge >= 0.3 is 11.9 Å². The van der Waals surface area contributed by atoms with Crippen LogP contribution < -0.4 is 0 Å². The summed E-state index contributed by atoms with van der Waals surface area (Å²) in [5, 5.41) is 47.5. The lowest BCUT2D eigenvalue weighted by atomic mass is 9.84. The Bertz CT molecular complexity index is 1170. The van der Waals surface area contributed by atoms with Crippen LogP contribution in [-0.4, -0.2) is 55.8 Å². The van der Waals surface area contributed by atoms with E-state index in [1.807, 2.05) is 0 Å². The van der Waals surface area contributed by atoms with Gasteiger partial charge < -0.3 is 25.2 Å². The zero-order chi connectivity index (χ0) is 62.1. The maximum Gasteiger partial charge on any atom is 0.345 e. The van der Waals surface area contributed by atoms with Crippen LogP contribution in [0.1, 0.15) is 464 Å². The van der Waals surface area contributed by atoms with Crippen LogP contribution in [0.3, 0.4) is 0 Å². The van der Waals surface area contributed by atoms with Crippen molar-refractivity contribution in [1.29, 1.82) is 0 Å². The number of esters is 2. The van der Waals surface area contributed by atoms with Gasteiger partial charge in [0.15, 0.2) is 12.2 Å². The fraction of sp³-hybridized carbons (Fsp3) is 0.974. The Morgan fingerprint density at radius 2 is 0.329 bits per heavy atom. The first-order chi connectivity index (χ1) is 41.6. The Kier molecular flexibility index (Phi) is 65.1. The summed E-state index contributed by atoms with van der Waals surface area (Å²) < 4.78 is 5.30. The molecule has 0 rings (SSSR count). The molecule has 0 aromatic rings. The molecular weight excluding hydrogens is 1050 g/mol. The predicted octanol–water partition coefficient (Wildman–Crippen LogP) is 24.8. The molecule has 2 atom stereocenters. The highest BCUT2D eigenvalue weighted by atomic mass is 16.6. The van der Waals surface area contributed by atoms with E-state index in [0.29, 0.717) is 25.7 Å². The molecule has 0 heterocycles. The largest absolute Gasteiger partial charge is 0.389 e. The monoisotopic (exact) mass is 1200 g/mol. The number of carbonyl (C=O) groups excluding carboxylic acids is 2. The van der Waals surface area contributed by atoms with Gasteiger partial charge in [0.1, 0.15) is 11.2 Å². The van der Waals surface area contributed by atoms with Gasteiger partial charge in [0, 0.05) is 0 Å². The van der Waals surface area contributed by atoms with Crippen LogP contribution in [0.5, 0.6) is 0 Å². The van der Waals surface area contributed by atoms with Gasteiger partial charge in [0.05, 0.1) is 0 Å². The zero-order valence-corrected chi connectivity index (χ0v) is 58.3. The van der Waals surface area contributed by atoms with E-state index in [0.717, 1.165) is 77.0 Å². The number of hydrogen-bond acceptors (Lipinski definition) is 7. The summed E-state index contributed by atoms with van der Waals surface area (Å²) in [6.45, 7) is 9.11. The molecule has 0 aliphatic heterocycles. The quantitative estimate of drug-likeness (QED) is 0.0272. The smallest absolute Gasteiger partial charge is 0.345 e. The molecule has 2 unspecified atom stereocenters. The Hall–Kier alpha value is -1.02. The third-order valence-corrected chi connectivity index (χ3v) is 19.5. The predicted molar refractivity (Wildman–Crippen MR) is 370 cm³/mol. The summed E-state index contributed by atoms with van der Waals surface area (Å²) in [6.07, 6.45) is 76.4. The second-order valence-corrected chi connectivity index (χ2v) is 28.0. The molecule has 0 aliphatic carbocycles. The minimum absolute atomic E-state index is 0.250. The standard InChI is InChI=1S/C78H154O7/c1-5-9-13-17-21-25-29-33-37-41-45-49-53-57-61-65-69-77(83,70-66-62-58-54-50-46-42-38-34-30-26-22-18-14-10-6-2)73(79)75(81)85-76(82)74(80)78(84,71-67-63-59-55-51-47-43-39-35-31-27-23-19-15-11-7-3)72-68-64-60-56-52-48-44-40-36-32-28-24-20-16-12-8-4/h73-74,79-80,83-84H,5-72H2,1-4H3. The van der Waals surface area contributed by atoms with Crippen LogP contribution in [0.25, 0.3) is 0 Å². The molecule has 0 saturated carbocycles. The van der Waals surface area contributed by atoms with Crippen molar-refractivity contribution in [1.82, 2.24) is 0 Å². The normalized spacial score (nSPS) is 12.8. The Morgan fingerprint density at radius 3 is 0.447 bits per heavy atom. The SMILES string of the molecule is CCCCCCCCCCCCCCCCCCC(O)(CCCCCCCCCCCCCCCCCC)C(O)C(=O)OC(=O)C(O)C(O)(CCCCCCCCCCCCCCCCCC)CCCCCCCCCCCCCCCCCC. The average Bonchev–Trinajstić information content (AvgIpc) is 3.51. The second-order valence-electron chi connectivity index (χ2n) is 28.0. The fourth-order valence-electron chi connectivity index (χ4n) is 13.4. The maximum atomic E-state index is 13.8. The first-order valence-electron chi connectivity index (χ1n) is 39.2. The summed E-state index contributed by atoms with van der Waals surface area (Å²) in [7, 11) is 0. The first kappa shape index (κ1) is 84.0. The lowest BCUT2D eigenvalue weighted by molar-refractivity contribution is -0.190. The number of carbonyl (C=O) groups is 2. The molecule has 0 aromatic heterocycles. The van der Waals surface area contributed by atoms with E-state index in [-0.39, 0.29) is 25.7 Å².